The molecule has 0 saturated heterocycles. The summed E-state index contributed by atoms with van der Waals surface area (Å²) in [6.07, 6.45) is 7.45. The second-order valence-corrected chi connectivity index (χ2v) is 3.96. The summed E-state index contributed by atoms with van der Waals surface area (Å²) in [7, 11) is 0. The average molecular weight is 231 g/mol. The summed E-state index contributed by atoms with van der Waals surface area (Å²) in [5.74, 6) is 5.64. The van der Waals surface area contributed by atoms with Crippen LogP contribution in [0.4, 0.5) is 0 Å². The fraction of sp³-hybridized carbons (Fsp3) is 0.333. The van der Waals surface area contributed by atoms with Gasteiger partial charge in [-0.1, -0.05) is 0 Å². The summed E-state index contributed by atoms with van der Waals surface area (Å²) in [5.41, 5.74) is 6.10. The van der Waals surface area contributed by atoms with Crippen LogP contribution in [0.25, 0.3) is 0 Å². The zero-order valence-corrected chi connectivity index (χ0v) is 10.1. The molecule has 2 rings (SSSR count). The minimum Gasteiger partial charge on any atom is -0.273 e. The highest BCUT2D eigenvalue weighted by Gasteiger charge is 2.16. The quantitative estimate of drug-likeness (QED) is 0.612. The summed E-state index contributed by atoms with van der Waals surface area (Å²) >= 11 is 0. The maximum Gasteiger partial charge on any atom is 0.0758 e. The van der Waals surface area contributed by atoms with Gasteiger partial charge in [-0.25, -0.2) is 5.43 Å². The number of hydrazine groups is 1. The van der Waals surface area contributed by atoms with E-state index in [1.807, 2.05) is 36.3 Å². The molecule has 2 heterocycles. The van der Waals surface area contributed by atoms with Crippen LogP contribution in [-0.2, 0) is 6.54 Å². The highest BCUT2D eigenvalue weighted by Crippen LogP contribution is 2.22. The fourth-order valence-electron chi connectivity index (χ4n) is 1.85. The molecule has 0 aromatic carbocycles. The normalized spacial score (nSPS) is 12.6. The molecule has 5 nitrogen and oxygen atoms in total. The van der Waals surface area contributed by atoms with E-state index in [0.717, 1.165) is 23.2 Å². The highest BCUT2D eigenvalue weighted by atomic mass is 15.3. The number of rotatable bonds is 4. The van der Waals surface area contributed by atoms with Crippen LogP contribution in [0.2, 0.25) is 0 Å². The maximum atomic E-state index is 5.64. The lowest BCUT2D eigenvalue weighted by Crippen LogP contribution is -2.29. The van der Waals surface area contributed by atoms with Crippen LogP contribution in [0.15, 0.2) is 30.9 Å². The van der Waals surface area contributed by atoms with E-state index < -0.39 is 0 Å². The Morgan fingerprint density at radius 3 is 2.88 bits per heavy atom. The third kappa shape index (κ3) is 2.35. The molecule has 0 fully saturated rings. The first kappa shape index (κ1) is 11.8. The molecule has 0 amide bonds. The van der Waals surface area contributed by atoms with Gasteiger partial charge in [0.15, 0.2) is 0 Å². The van der Waals surface area contributed by atoms with Crippen LogP contribution in [-0.4, -0.2) is 14.8 Å². The lowest BCUT2D eigenvalue weighted by Gasteiger charge is -2.16. The number of aromatic nitrogens is 3. The van der Waals surface area contributed by atoms with E-state index in [-0.39, 0.29) is 6.04 Å². The minimum atomic E-state index is -0.0657. The first-order valence-electron chi connectivity index (χ1n) is 5.65. The van der Waals surface area contributed by atoms with Crippen LogP contribution in [0.1, 0.15) is 29.7 Å². The van der Waals surface area contributed by atoms with Crippen molar-refractivity contribution in [2.45, 2.75) is 26.4 Å². The summed E-state index contributed by atoms with van der Waals surface area (Å²) in [4.78, 5) is 4.14. The number of pyridine rings is 1. The third-order valence-corrected chi connectivity index (χ3v) is 2.87. The van der Waals surface area contributed by atoms with E-state index in [9.17, 15) is 0 Å². The van der Waals surface area contributed by atoms with Crippen molar-refractivity contribution in [1.29, 1.82) is 0 Å². The van der Waals surface area contributed by atoms with Gasteiger partial charge in [-0.05, 0) is 31.0 Å². The molecule has 5 heteroatoms. The summed E-state index contributed by atoms with van der Waals surface area (Å²) < 4.78 is 1.88. The molecule has 0 spiro atoms. The van der Waals surface area contributed by atoms with Gasteiger partial charge in [-0.2, -0.15) is 5.10 Å². The van der Waals surface area contributed by atoms with Gasteiger partial charge in [0.1, 0.15) is 0 Å². The van der Waals surface area contributed by atoms with Crippen LogP contribution in [0, 0.1) is 6.92 Å². The fourth-order valence-corrected chi connectivity index (χ4v) is 1.85. The predicted octanol–water partition coefficient (Wildman–Crippen LogP) is 1.16. The van der Waals surface area contributed by atoms with Crippen molar-refractivity contribution in [1.82, 2.24) is 20.2 Å². The lowest BCUT2D eigenvalue weighted by molar-refractivity contribution is 0.625. The molecular formula is C12H17N5. The highest BCUT2D eigenvalue weighted by molar-refractivity contribution is 5.32. The Hall–Kier alpha value is -1.72. The number of aryl methyl sites for hydroxylation is 2. The van der Waals surface area contributed by atoms with Gasteiger partial charge in [0.25, 0.3) is 0 Å². The molecule has 0 aliphatic rings. The smallest absolute Gasteiger partial charge is 0.0758 e. The molecule has 0 aliphatic carbocycles. The Kier molecular flexibility index (Phi) is 3.51. The second-order valence-electron chi connectivity index (χ2n) is 3.96. The van der Waals surface area contributed by atoms with E-state index in [1.54, 1.807) is 6.20 Å². The van der Waals surface area contributed by atoms with Crippen molar-refractivity contribution in [3.05, 3.63) is 47.5 Å². The minimum absolute atomic E-state index is 0.0657. The molecule has 1 unspecified atom stereocenters. The van der Waals surface area contributed by atoms with Crippen molar-refractivity contribution in [3.8, 4) is 0 Å². The Balaban J connectivity index is 2.36. The van der Waals surface area contributed by atoms with Crippen LogP contribution in [0.5, 0.6) is 0 Å². The molecule has 0 aliphatic heterocycles. The predicted molar refractivity (Wildman–Crippen MR) is 66.0 cm³/mol. The molecule has 3 N–H and O–H groups in total. The average Bonchev–Trinajstić information content (AvgIpc) is 2.81. The SMILES string of the molecule is CCn1cc(C(NN)c2cnccc2C)cn1. The molecule has 90 valence electrons. The van der Waals surface area contributed by atoms with E-state index in [4.69, 9.17) is 5.84 Å². The van der Waals surface area contributed by atoms with Gasteiger partial charge in [0.2, 0.25) is 0 Å². The Labute approximate surface area is 101 Å². The van der Waals surface area contributed by atoms with E-state index in [1.165, 1.54) is 0 Å². The van der Waals surface area contributed by atoms with Crippen molar-refractivity contribution in [2.24, 2.45) is 5.84 Å². The van der Waals surface area contributed by atoms with Crippen molar-refractivity contribution < 1.29 is 0 Å². The van der Waals surface area contributed by atoms with E-state index >= 15 is 0 Å². The maximum absolute atomic E-state index is 5.64. The van der Waals surface area contributed by atoms with Crippen molar-refractivity contribution in [2.75, 3.05) is 0 Å². The van der Waals surface area contributed by atoms with Crippen LogP contribution in [0.3, 0.4) is 0 Å². The summed E-state index contributed by atoms with van der Waals surface area (Å²) in [6, 6.07) is 1.91. The lowest BCUT2D eigenvalue weighted by atomic mass is 10.00. The molecule has 1 atom stereocenters. The third-order valence-electron chi connectivity index (χ3n) is 2.87. The largest absolute Gasteiger partial charge is 0.273 e. The first-order valence-corrected chi connectivity index (χ1v) is 5.65. The van der Waals surface area contributed by atoms with Crippen molar-refractivity contribution >= 4 is 0 Å². The number of nitrogens with two attached hydrogens (primary N) is 1. The Morgan fingerprint density at radius 2 is 2.29 bits per heavy atom. The standard InChI is InChI=1S/C12H17N5/c1-3-17-8-10(6-15-17)12(16-13)11-7-14-5-4-9(11)2/h4-8,12,16H,3,13H2,1-2H3. The zero-order chi connectivity index (χ0) is 12.3. The second kappa shape index (κ2) is 5.07. The van der Waals surface area contributed by atoms with Gasteiger partial charge in [-0.15, -0.1) is 0 Å². The van der Waals surface area contributed by atoms with Gasteiger partial charge >= 0.3 is 0 Å². The topological polar surface area (TPSA) is 68.8 Å². The molecule has 0 saturated carbocycles. The Morgan fingerprint density at radius 1 is 1.47 bits per heavy atom. The van der Waals surface area contributed by atoms with Crippen LogP contribution >= 0.6 is 0 Å². The molecule has 0 radical (unpaired) electrons. The number of nitrogens with one attached hydrogen (secondary N) is 1. The Bertz CT molecular complexity index is 491. The van der Waals surface area contributed by atoms with Crippen LogP contribution < -0.4 is 11.3 Å². The number of hydrogen-bond acceptors (Lipinski definition) is 4. The molecule has 2 aromatic rings. The number of nitrogens with zero attached hydrogens (tertiary/aromatic N) is 3. The van der Waals surface area contributed by atoms with Gasteiger partial charge in [0, 0.05) is 30.7 Å². The molecule has 0 bridgehead atoms. The van der Waals surface area contributed by atoms with E-state index in [0.29, 0.717) is 0 Å². The van der Waals surface area contributed by atoms with E-state index in [2.05, 4.69) is 22.4 Å². The molecule has 2 aromatic heterocycles. The van der Waals surface area contributed by atoms with Gasteiger partial charge in [0.05, 0.1) is 12.2 Å². The zero-order valence-electron chi connectivity index (χ0n) is 10.1. The van der Waals surface area contributed by atoms with Gasteiger partial charge < -0.3 is 0 Å². The summed E-state index contributed by atoms with van der Waals surface area (Å²) in [5, 5.41) is 4.26. The molecule has 17 heavy (non-hydrogen) atoms. The summed E-state index contributed by atoms with van der Waals surface area (Å²) in [6.45, 7) is 4.95. The van der Waals surface area contributed by atoms with Gasteiger partial charge in [-0.3, -0.25) is 15.5 Å². The number of hydrogen-bond donors (Lipinski definition) is 2. The molecular weight excluding hydrogens is 214 g/mol. The monoisotopic (exact) mass is 231 g/mol. The van der Waals surface area contributed by atoms with Crippen molar-refractivity contribution in [3.63, 3.8) is 0 Å². The first-order chi connectivity index (χ1) is 8.26.